The second kappa shape index (κ2) is 7.24. The molecule has 0 bridgehead atoms. The second-order valence-electron chi connectivity index (χ2n) is 6.22. The van der Waals surface area contributed by atoms with Crippen LogP contribution >= 0.6 is 11.6 Å². The van der Waals surface area contributed by atoms with Crippen molar-refractivity contribution in [2.45, 2.75) is 0 Å². The highest BCUT2D eigenvalue weighted by Gasteiger charge is 2.27. The molecule has 5 heteroatoms. The maximum Gasteiger partial charge on any atom is 0.259 e. The normalized spacial score (nSPS) is 14.0. The van der Waals surface area contributed by atoms with Crippen molar-refractivity contribution in [1.29, 1.82) is 0 Å². The molecule has 0 saturated heterocycles. The molecule has 1 aliphatic heterocycles. The molecule has 0 aromatic heterocycles. The van der Waals surface area contributed by atoms with E-state index in [2.05, 4.69) is 30.0 Å². The lowest BCUT2D eigenvalue weighted by atomic mass is 10.1. The highest BCUT2D eigenvalue weighted by Crippen LogP contribution is 2.34. The Labute approximate surface area is 148 Å². The second-order valence-corrected chi connectivity index (χ2v) is 6.62. The van der Waals surface area contributed by atoms with Gasteiger partial charge in [-0.05, 0) is 38.4 Å². The van der Waals surface area contributed by atoms with E-state index in [9.17, 15) is 4.79 Å². The highest BCUT2D eigenvalue weighted by molar-refractivity contribution is 6.34. The van der Waals surface area contributed by atoms with Crippen LogP contribution in [0.4, 0.5) is 11.4 Å². The quantitative estimate of drug-likeness (QED) is 0.851. The van der Waals surface area contributed by atoms with Gasteiger partial charge in [-0.25, -0.2) is 0 Å². The molecule has 4 nitrogen and oxygen atoms in total. The van der Waals surface area contributed by atoms with Gasteiger partial charge in [-0.1, -0.05) is 35.9 Å². The minimum absolute atomic E-state index is 0.0414. The number of nitrogens with zero attached hydrogens (tertiary/aromatic N) is 3. The van der Waals surface area contributed by atoms with E-state index in [1.165, 1.54) is 0 Å². The summed E-state index contributed by atoms with van der Waals surface area (Å²) in [5.41, 5.74) is 2.61. The largest absolute Gasteiger partial charge is 0.367 e. The fraction of sp³-hybridized carbons (Fsp3) is 0.316. The van der Waals surface area contributed by atoms with E-state index in [1.807, 2.05) is 35.2 Å². The third kappa shape index (κ3) is 3.40. The van der Waals surface area contributed by atoms with E-state index < -0.39 is 0 Å². The molecule has 2 aromatic carbocycles. The van der Waals surface area contributed by atoms with Crippen molar-refractivity contribution in [2.24, 2.45) is 0 Å². The molecule has 0 saturated carbocycles. The predicted molar refractivity (Wildman–Crippen MR) is 100 cm³/mol. The first-order valence-electron chi connectivity index (χ1n) is 8.13. The summed E-state index contributed by atoms with van der Waals surface area (Å²) in [7, 11) is 4.15. The molecule has 0 radical (unpaired) electrons. The molecule has 126 valence electrons. The number of hydrogen-bond donors (Lipinski definition) is 0. The Kier molecular flexibility index (Phi) is 5.07. The van der Waals surface area contributed by atoms with Crippen LogP contribution in [-0.4, -0.2) is 51.1 Å². The fourth-order valence-corrected chi connectivity index (χ4v) is 3.18. The maximum absolute atomic E-state index is 13.0. The summed E-state index contributed by atoms with van der Waals surface area (Å²) < 4.78 is 0. The Hall–Kier alpha value is -2.04. The van der Waals surface area contributed by atoms with Crippen molar-refractivity contribution in [2.75, 3.05) is 50.1 Å². The van der Waals surface area contributed by atoms with Crippen molar-refractivity contribution < 1.29 is 4.79 Å². The topological polar surface area (TPSA) is 26.8 Å². The molecule has 1 aliphatic rings. The Morgan fingerprint density at radius 3 is 2.42 bits per heavy atom. The lowest BCUT2D eigenvalue weighted by Gasteiger charge is -2.38. The minimum Gasteiger partial charge on any atom is -0.367 e. The molecule has 0 unspecified atom stereocenters. The van der Waals surface area contributed by atoms with Gasteiger partial charge in [-0.2, -0.15) is 0 Å². The van der Waals surface area contributed by atoms with E-state index in [4.69, 9.17) is 11.6 Å². The van der Waals surface area contributed by atoms with Gasteiger partial charge in [0.25, 0.3) is 5.91 Å². The number of carbonyl (C=O) groups is 1. The predicted octanol–water partition coefficient (Wildman–Crippen LogP) is 3.37. The number of halogens is 1. The molecule has 0 fully saturated rings. The van der Waals surface area contributed by atoms with Crippen LogP contribution in [0.5, 0.6) is 0 Å². The van der Waals surface area contributed by atoms with Gasteiger partial charge >= 0.3 is 0 Å². The van der Waals surface area contributed by atoms with Crippen LogP contribution in [0.25, 0.3) is 0 Å². The molecular formula is C19H22ClN3O. The van der Waals surface area contributed by atoms with Crippen molar-refractivity contribution >= 4 is 28.9 Å². The zero-order valence-corrected chi connectivity index (χ0v) is 14.8. The van der Waals surface area contributed by atoms with Crippen molar-refractivity contribution in [3.63, 3.8) is 0 Å². The third-order valence-electron chi connectivity index (χ3n) is 4.27. The number of fused-ring (bicyclic) bond motifs is 1. The summed E-state index contributed by atoms with van der Waals surface area (Å²) in [6.07, 6.45) is 0. The highest BCUT2D eigenvalue weighted by atomic mass is 35.5. The number of hydrogen-bond acceptors (Lipinski definition) is 3. The van der Waals surface area contributed by atoms with Gasteiger partial charge < -0.3 is 14.7 Å². The number of likely N-dealkylation sites (N-methyl/N-ethyl adjacent to an activating group) is 1. The molecule has 0 N–H and O–H groups in total. The Morgan fingerprint density at radius 1 is 1.04 bits per heavy atom. The van der Waals surface area contributed by atoms with Gasteiger partial charge in [0, 0.05) is 26.2 Å². The van der Waals surface area contributed by atoms with Gasteiger partial charge in [0.2, 0.25) is 0 Å². The number of anilines is 2. The molecule has 3 rings (SSSR count). The summed E-state index contributed by atoms with van der Waals surface area (Å²) in [5, 5.41) is 0.495. The van der Waals surface area contributed by atoms with Crippen LogP contribution < -0.4 is 9.80 Å². The monoisotopic (exact) mass is 343 g/mol. The molecule has 1 amide bonds. The summed E-state index contributed by atoms with van der Waals surface area (Å²) in [4.78, 5) is 19.3. The van der Waals surface area contributed by atoms with Gasteiger partial charge in [0.15, 0.2) is 0 Å². The Morgan fingerprint density at radius 2 is 1.71 bits per heavy atom. The molecule has 0 atom stereocenters. The zero-order valence-electron chi connectivity index (χ0n) is 14.1. The van der Waals surface area contributed by atoms with E-state index in [-0.39, 0.29) is 5.91 Å². The standard InChI is InChI=1S/C19H22ClN3O/c1-21(2)11-12-22-13-14-23(18-10-6-5-9-17(18)22)19(24)15-7-3-4-8-16(15)20/h3-10H,11-14H2,1-2H3. The van der Waals surface area contributed by atoms with E-state index >= 15 is 0 Å². The Bertz CT molecular complexity index is 732. The lowest BCUT2D eigenvalue weighted by molar-refractivity contribution is 0.0986. The summed E-state index contributed by atoms with van der Waals surface area (Å²) in [6.45, 7) is 3.40. The summed E-state index contributed by atoms with van der Waals surface area (Å²) in [5.74, 6) is -0.0414. The first kappa shape index (κ1) is 16.8. The van der Waals surface area contributed by atoms with Crippen LogP contribution in [0, 0.1) is 0 Å². The first-order valence-corrected chi connectivity index (χ1v) is 8.51. The van der Waals surface area contributed by atoms with Crippen LogP contribution in [0.3, 0.4) is 0 Å². The van der Waals surface area contributed by atoms with E-state index in [0.717, 1.165) is 31.0 Å². The molecule has 2 aromatic rings. The first-order chi connectivity index (χ1) is 11.6. The zero-order chi connectivity index (χ0) is 17.1. The van der Waals surface area contributed by atoms with Crippen LogP contribution in [0.15, 0.2) is 48.5 Å². The van der Waals surface area contributed by atoms with Crippen LogP contribution in [0.2, 0.25) is 5.02 Å². The molecule has 24 heavy (non-hydrogen) atoms. The number of benzene rings is 2. The average Bonchev–Trinajstić information content (AvgIpc) is 2.59. The summed E-state index contributed by atoms with van der Waals surface area (Å²) >= 11 is 6.22. The van der Waals surface area contributed by atoms with Gasteiger partial charge in [-0.3, -0.25) is 4.79 Å². The lowest BCUT2D eigenvalue weighted by Crippen LogP contribution is -2.46. The smallest absolute Gasteiger partial charge is 0.259 e. The molecule has 1 heterocycles. The van der Waals surface area contributed by atoms with Crippen LogP contribution in [0.1, 0.15) is 10.4 Å². The van der Waals surface area contributed by atoms with E-state index in [1.54, 1.807) is 12.1 Å². The number of rotatable bonds is 4. The maximum atomic E-state index is 13.0. The Balaban J connectivity index is 1.89. The third-order valence-corrected chi connectivity index (χ3v) is 4.60. The van der Waals surface area contributed by atoms with Crippen molar-refractivity contribution in [3.8, 4) is 0 Å². The van der Waals surface area contributed by atoms with Gasteiger partial charge in [0.1, 0.15) is 0 Å². The van der Waals surface area contributed by atoms with E-state index in [0.29, 0.717) is 17.1 Å². The van der Waals surface area contributed by atoms with Crippen molar-refractivity contribution in [1.82, 2.24) is 4.90 Å². The molecular weight excluding hydrogens is 322 g/mol. The van der Waals surface area contributed by atoms with Gasteiger partial charge in [-0.15, -0.1) is 0 Å². The number of carbonyl (C=O) groups excluding carboxylic acids is 1. The molecule has 0 aliphatic carbocycles. The van der Waals surface area contributed by atoms with Gasteiger partial charge in [0.05, 0.1) is 22.0 Å². The number of para-hydroxylation sites is 2. The number of amides is 1. The SMILES string of the molecule is CN(C)CCN1CCN(C(=O)c2ccccc2Cl)c2ccccc21. The minimum atomic E-state index is -0.0414. The average molecular weight is 344 g/mol. The van der Waals surface area contributed by atoms with Crippen LogP contribution in [-0.2, 0) is 0 Å². The fourth-order valence-electron chi connectivity index (χ4n) is 2.97. The van der Waals surface area contributed by atoms with Crippen molar-refractivity contribution in [3.05, 3.63) is 59.1 Å². The molecule has 0 spiro atoms. The summed E-state index contributed by atoms with van der Waals surface area (Å²) in [6, 6.07) is 15.3.